The van der Waals surface area contributed by atoms with Crippen LogP contribution in [0.2, 0.25) is 0 Å². The van der Waals surface area contributed by atoms with Crippen LogP contribution < -0.4 is 4.74 Å². The molecule has 2 fully saturated rings. The van der Waals surface area contributed by atoms with Crippen molar-refractivity contribution in [3.63, 3.8) is 0 Å². The average Bonchev–Trinajstić information content (AvgIpc) is 3.33. The lowest BCUT2D eigenvalue weighted by atomic mass is 9.86. The fraction of sp³-hybridized carbons (Fsp3) is 0.583. The third-order valence-electron chi connectivity index (χ3n) is 6.71. The molecular weight excluding hydrogens is 381 g/mol. The van der Waals surface area contributed by atoms with Gasteiger partial charge in [0.15, 0.2) is 17.8 Å². The number of rotatable bonds is 5. The number of ether oxygens (including phenoxy) is 1. The van der Waals surface area contributed by atoms with E-state index >= 15 is 0 Å². The van der Waals surface area contributed by atoms with Crippen molar-refractivity contribution in [2.75, 3.05) is 32.8 Å². The second kappa shape index (κ2) is 9.51. The molecule has 1 amide bonds. The third kappa shape index (κ3) is 4.77. The number of carbonyl (C=O) groups is 1. The van der Waals surface area contributed by atoms with E-state index in [1.165, 1.54) is 0 Å². The van der Waals surface area contributed by atoms with Crippen LogP contribution in [-0.2, 0) is 4.79 Å². The van der Waals surface area contributed by atoms with Gasteiger partial charge >= 0.3 is 0 Å². The van der Waals surface area contributed by atoms with E-state index in [1.807, 2.05) is 11.0 Å². The van der Waals surface area contributed by atoms with Gasteiger partial charge in [-0.25, -0.2) is 4.39 Å². The van der Waals surface area contributed by atoms with Crippen molar-refractivity contribution >= 4 is 11.5 Å². The molecule has 1 unspecified atom stereocenters. The van der Waals surface area contributed by atoms with E-state index in [1.54, 1.807) is 17.0 Å². The smallest absolute Gasteiger partial charge is 0.226 e. The van der Waals surface area contributed by atoms with Crippen LogP contribution in [-0.4, -0.2) is 48.5 Å². The zero-order valence-electron chi connectivity index (χ0n) is 17.5. The summed E-state index contributed by atoms with van der Waals surface area (Å²) in [5, 5.41) is 8.92. The minimum absolute atomic E-state index is 0.0757. The molecule has 1 atom stereocenters. The lowest BCUT2D eigenvalue weighted by Crippen LogP contribution is -2.34. The van der Waals surface area contributed by atoms with Gasteiger partial charge in [-0.3, -0.25) is 4.79 Å². The first-order chi connectivity index (χ1) is 14.6. The van der Waals surface area contributed by atoms with Gasteiger partial charge in [-0.1, -0.05) is 12.1 Å². The summed E-state index contributed by atoms with van der Waals surface area (Å²) >= 11 is 0. The van der Waals surface area contributed by atoms with Crippen LogP contribution in [0.1, 0.15) is 50.5 Å². The number of nitrogens with zero attached hydrogens (tertiary/aromatic N) is 3. The molecule has 160 valence electrons. The summed E-state index contributed by atoms with van der Waals surface area (Å²) in [6.07, 6.45) is 10.7. The van der Waals surface area contributed by atoms with Gasteiger partial charge in [0.2, 0.25) is 5.91 Å². The number of likely N-dealkylation sites (tertiary alicyclic amines) is 2. The van der Waals surface area contributed by atoms with Crippen LogP contribution >= 0.6 is 0 Å². The lowest BCUT2D eigenvalue weighted by Gasteiger charge is -2.28. The first kappa shape index (κ1) is 20.7. The highest BCUT2D eigenvalue weighted by Gasteiger charge is 2.28. The Bertz CT molecular complexity index is 833. The van der Waals surface area contributed by atoms with Gasteiger partial charge in [-0.15, -0.1) is 0 Å². The molecule has 30 heavy (non-hydrogen) atoms. The predicted octanol–water partition coefficient (Wildman–Crippen LogP) is 4.20. The summed E-state index contributed by atoms with van der Waals surface area (Å²) in [5.74, 6) is 0.683. The van der Waals surface area contributed by atoms with E-state index < -0.39 is 0 Å². The van der Waals surface area contributed by atoms with Gasteiger partial charge < -0.3 is 14.5 Å². The largest absolute Gasteiger partial charge is 0.490 e. The molecule has 2 heterocycles. The lowest BCUT2D eigenvalue weighted by molar-refractivity contribution is -0.134. The van der Waals surface area contributed by atoms with Crippen LogP contribution in [0.25, 0.3) is 5.57 Å². The summed E-state index contributed by atoms with van der Waals surface area (Å²) in [4.78, 5) is 16.3. The van der Waals surface area contributed by atoms with Gasteiger partial charge in [-0.2, -0.15) is 5.26 Å². The Balaban J connectivity index is 1.31. The maximum atomic E-state index is 14.6. The molecule has 0 aromatic heterocycles. The minimum Gasteiger partial charge on any atom is -0.490 e. The molecule has 1 aromatic carbocycles. The van der Waals surface area contributed by atoms with Gasteiger partial charge in [0.05, 0.1) is 6.61 Å². The number of halogens is 1. The SMILES string of the molecule is N#CN1CCC(COc2ccc(C3=CCC(C(=O)N4CCCC4)CC3)cc2F)CC1. The van der Waals surface area contributed by atoms with Crippen LogP contribution in [0.15, 0.2) is 24.3 Å². The standard InChI is InChI=1S/C24H30FN3O2/c25-22-15-21(7-8-23(22)30-16-18-9-13-27(17-26)14-10-18)19-3-5-20(6-4-19)24(29)28-11-1-2-12-28/h3,7-8,15,18,20H,1-2,4-6,9-14,16H2. The number of allylic oxidation sites excluding steroid dienone is 2. The van der Waals surface area contributed by atoms with Crippen LogP contribution in [0.4, 0.5) is 4.39 Å². The van der Waals surface area contributed by atoms with Crippen molar-refractivity contribution in [3.05, 3.63) is 35.7 Å². The Hall–Kier alpha value is -2.55. The fourth-order valence-electron chi connectivity index (χ4n) is 4.74. The number of hydrogen-bond donors (Lipinski definition) is 0. The Morgan fingerprint density at radius 1 is 1.17 bits per heavy atom. The van der Waals surface area contributed by atoms with E-state index in [4.69, 9.17) is 10.00 Å². The maximum Gasteiger partial charge on any atom is 0.226 e. The summed E-state index contributed by atoms with van der Waals surface area (Å²) < 4.78 is 20.4. The molecule has 4 rings (SSSR count). The monoisotopic (exact) mass is 411 g/mol. The molecule has 1 aliphatic carbocycles. The number of piperidine rings is 1. The number of carbonyl (C=O) groups excluding carboxylic acids is 1. The predicted molar refractivity (Wildman–Crippen MR) is 113 cm³/mol. The number of amides is 1. The molecule has 1 aromatic rings. The zero-order chi connectivity index (χ0) is 20.9. The van der Waals surface area contributed by atoms with E-state index in [-0.39, 0.29) is 11.7 Å². The number of benzene rings is 1. The molecule has 0 radical (unpaired) electrons. The molecule has 0 spiro atoms. The summed E-state index contributed by atoms with van der Waals surface area (Å²) in [5.41, 5.74) is 2.00. The topological polar surface area (TPSA) is 56.6 Å². The van der Waals surface area contributed by atoms with Gasteiger partial charge in [0.25, 0.3) is 0 Å². The fourth-order valence-corrected chi connectivity index (χ4v) is 4.74. The second-order valence-corrected chi connectivity index (χ2v) is 8.72. The number of nitriles is 1. The highest BCUT2D eigenvalue weighted by Crippen LogP contribution is 2.33. The molecule has 2 aliphatic heterocycles. The van der Waals surface area contributed by atoms with Crippen molar-refractivity contribution in [1.82, 2.24) is 9.80 Å². The van der Waals surface area contributed by atoms with Gasteiger partial charge in [0.1, 0.15) is 0 Å². The Kier molecular flexibility index (Phi) is 6.56. The van der Waals surface area contributed by atoms with Crippen molar-refractivity contribution in [2.45, 2.75) is 44.9 Å². The van der Waals surface area contributed by atoms with Gasteiger partial charge in [0, 0.05) is 32.1 Å². The molecule has 0 N–H and O–H groups in total. The van der Waals surface area contributed by atoms with Crippen molar-refractivity contribution in [2.24, 2.45) is 11.8 Å². The highest BCUT2D eigenvalue weighted by molar-refractivity contribution is 5.81. The van der Waals surface area contributed by atoms with E-state index in [0.29, 0.717) is 24.2 Å². The van der Waals surface area contributed by atoms with E-state index in [2.05, 4.69) is 12.3 Å². The van der Waals surface area contributed by atoms with Crippen LogP contribution in [0, 0.1) is 29.1 Å². The number of hydrogen-bond acceptors (Lipinski definition) is 4. The minimum atomic E-state index is -0.335. The molecule has 3 aliphatic rings. The normalized spacial score (nSPS) is 22.5. The quantitative estimate of drug-likeness (QED) is 0.682. The second-order valence-electron chi connectivity index (χ2n) is 8.72. The molecule has 0 bridgehead atoms. The molecule has 2 saturated heterocycles. The van der Waals surface area contributed by atoms with Crippen molar-refractivity contribution in [3.8, 4) is 11.9 Å². The summed E-state index contributed by atoms with van der Waals surface area (Å²) in [6, 6.07) is 5.20. The van der Waals surface area contributed by atoms with Crippen LogP contribution in [0.3, 0.4) is 0 Å². The van der Waals surface area contributed by atoms with E-state index in [9.17, 15) is 9.18 Å². The Labute approximate surface area is 178 Å². The third-order valence-corrected chi connectivity index (χ3v) is 6.71. The van der Waals surface area contributed by atoms with Crippen LogP contribution in [0.5, 0.6) is 5.75 Å². The highest BCUT2D eigenvalue weighted by atomic mass is 19.1. The first-order valence-corrected chi connectivity index (χ1v) is 11.2. The molecule has 5 nitrogen and oxygen atoms in total. The summed E-state index contributed by atoms with van der Waals surface area (Å²) in [6.45, 7) is 3.78. The molecule has 0 saturated carbocycles. The van der Waals surface area contributed by atoms with Crippen molar-refractivity contribution in [1.29, 1.82) is 5.26 Å². The molecular formula is C24H30FN3O2. The van der Waals surface area contributed by atoms with E-state index in [0.717, 1.165) is 82.3 Å². The zero-order valence-corrected chi connectivity index (χ0v) is 17.5. The van der Waals surface area contributed by atoms with Gasteiger partial charge in [-0.05, 0) is 74.1 Å². The van der Waals surface area contributed by atoms with Crippen molar-refractivity contribution < 1.29 is 13.9 Å². The summed E-state index contributed by atoms with van der Waals surface area (Å²) in [7, 11) is 0. The Morgan fingerprint density at radius 3 is 2.57 bits per heavy atom. The Morgan fingerprint density at radius 2 is 1.93 bits per heavy atom. The first-order valence-electron chi connectivity index (χ1n) is 11.2. The average molecular weight is 412 g/mol. The molecule has 6 heteroatoms. The maximum absolute atomic E-state index is 14.6.